The largest absolute Gasteiger partial charge is 0.332 e. The summed E-state index contributed by atoms with van der Waals surface area (Å²) in [6, 6.07) is 12.2. The SMILES string of the molecule is Cc1c(Cl)cccc1NC(=S)NC(=O)c1ccccc1Cl. The molecule has 0 radical (unpaired) electrons. The maximum atomic E-state index is 12.1. The number of halogens is 2. The molecule has 108 valence electrons. The Bertz CT molecular complexity index is 704. The van der Waals surface area contributed by atoms with Gasteiger partial charge in [-0.05, 0) is 49.0 Å². The van der Waals surface area contributed by atoms with E-state index < -0.39 is 0 Å². The van der Waals surface area contributed by atoms with Crippen molar-refractivity contribution in [3.63, 3.8) is 0 Å². The Hall–Kier alpha value is -1.62. The van der Waals surface area contributed by atoms with Crippen LogP contribution in [-0.2, 0) is 0 Å². The number of hydrogen-bond donors (Lipinski definition) is 2. The highest BCUT2D eigenvalue weighted by Crippen LogP contribution is 2.22. The standard InChI is InChI=1S/C15H12Cl2N2OS/c1-9-11(16)7-4-8-13(9)18-15(21)19-14(20)10-5-2-3-6-12(10)17/h2-8H,1H3,(H2,18,19,20,21). The number of carbonyl (C=O) groups excluding carboxylic acids is 1. The zero-order valence-corrected chi connectivity index (χ0v) is 13.4. The Morgan fingerprint density at radius 3 is 2.43 bits per heavy atom. The van der Waals surface area contributed by atoms with E-state index in [0.29, 0.717) is 15.6 Å². The van der Waals surface area contributed by atoms with E-state index in [9.17, 15) is 4.79 Å². The molecule has 21 heavy (non-hydrogen) atoms. The number of anilines is 1. The molecule has 2 aromatic rings. The van der Waals surface area contributed by atoms with Gasteiger partial charge in [-0.2, -0.15) is 0 Å². The topological polar surface area (TPSA) is 41.1 Å². The summed E-state index contributed by atoms with van der Waals surface area (Å²) in [6.07, 6.45) is 0. The monoisotopic (exact) mass is 338 g/mol. The first kappa shape index (κ1) is 15.8. The number of amides is 1. The average molecular weight is 339 g/mol. The molecular formula is C15H12Cl2N2OS. The lowest BCUT2D eigenvalue weighted by molar-refractivity contribution is 0.0978. The third kappa shape index (κ3) is 3.94. The van der Waals surface area contributed by atoms with Gasteiger partial charge in [0.05, 0.1) is 10.6 Å². The molecule has 0 aliphatic rings. The lowest BCUT2D eigenvalue weighted by Crippen LogP contribution is -2.34. The first-order valence-electron chi connectivity index (χ1n) is 6.11. The fraction of sp³-hybridized carbons (Fsp3) is 0.0667. The summed E-state index contributed by atoms with van der Waals surface area (Å²) < 4.78 is 0. The van der Waals surface area contributed by atoms with Crippen molar-refractivity contribution in [2.75, 3.05) is 5.32 Å². The van der Waals surface area contributed by atoms with Gasteiger partial charge in [0.2, 0.25) is 0 Å². The molecule has 0 spiro atoms. The van der Waals surface area contributed by atoms with Gasteiger partial charge in [0.1, 0.15) is 0 Å². The molecule has 6 heteroatoms. The van der Waals surface area contributed by atoms with Crippen LogP contribution >= 0.6 is 35.4 Å². The van der Waals surface area contributed by atoms with E-state index in [-0.39, 0.29) is 11.0 Å². The predicted octanol–water partition coefficient (Wildman–Crippen LogP) is 4.43. The molecule has 2 N–H and O–H groups in total. The normalized spacial score (nSPS) is 10.0. The zero-order chi connectivity index (χ0) is 15.4. The summed E-state index contributed by atoms with van der Waals surface area (Å²) in [6.45, 7) is 1.86. The Kier molecular flexibility index (Phi) is 5.17. The minimum absolute atomic E-state index is 0.185. The Morgan fingerprint density at radius 1 is 1.05 bits per heavy atom. The Balaban J connectivity index is 2.07. The minimum Gasteiger partial charge on any atom is -0.332 e. The zero-order valence-electron chi connectivity index (χ0n) is 11.1. The lowest BCUT2D eigenvalue weighted by Gasteiger charge is -2.12. The van der Waals surface area contributed by atoms with Gasteiger partial charge in [-0.3, -0.25) is 10.1 Å². The number of nitrogens with one attached hydrogen (secondary N) is 2. The third-order valence-electron chi connectivity index (χ3n) is 2.86. The maximum Gasteiger partial charge on any atom is 0.258 e. The fourth-order valence-electron chi connectivity index (χ4n) is 1.71. The van der Waals surface area contributed by atoms with Gasteiger partial charge in [-0.15, -0.1) is 0 Å². The summed E-state index contributed by atoms with van der Waals surface area (Å²) in [5.74, 6) is -0.363. The third-order valence-corrected chi connectivity index (χ3v) is 3.80. The number of benzene rings is 2. The van der Waals surface area contributed by atoms with Crippen molar-refractivity contribution in [3.8, 4) is 0 Å². The Labute approximate surface area is 138 Å². The van der Waals surface area contributed by atoms with Crippen molar-refractivity contribution in [1.29, 1.82) is 0 Å². The van der Waals surface area contributed by atoms with Crippen molar-refractivity contribution < 1.29 is 4.79 Å². The Morgan fingerprint density at radius 2 is 1.71 bits per heavy atom. The van der Waals surface area contributed by atoms with E-state index in [1.807, 2.05) is 13.0 Å². The first-order chi connectivity index (χ1) is 9.99. The van der Waals surface area contributed by atoms with Crippen LogP contribution < -0.4 is 10.6 Å². The van der Waals surface area contributed by atoms with Crippen LogP contribution in [-0.4, -0.2) is 11.0 Å². The second-order valence-electron chi connectivity index (χ2n) is 4.30. The van der Waals surface area contributed by atoms with Crippen molar-refractivity contribution in [3.05, 3.63) is 63.6 Å². The quantitative estimate of drug-likeness (QED) is 0.796. The molecule has 2 rings (SSSR count). The highest BCUT2D eigenvalue weighted by atomic mass is 35.5. The van der Waals surface area contributed by atoms with E-state index in [0.717, 1.165) is 11.3 Å². The van der Waals surface area contributed by atoms with Crippen LogP contribution in [0.3, 0.4) is 0 Å². The summed E-state index contributed by atoms with van der Waals surface area (Å²) >= 11 is 17.1. The van der Waals surface area contributed by atoms with Gasteiger partial charge < -0.3 is 5.32 Å². The molecule has 2 aromatic carbocycles. The van der Waals surface area contributed by atoms with E-state index in [4.69, 9.17) is 35.4 Å². The average Bonchev–Trinajstić information content (AvgIpc) is 2.44. The predicted molar refractivity (Wildman–Crippen MR) is 91.3 cm³/mol. The van der Waals surface area contributed by atoms with Gasteiger partial charge >= 0.3 is 0 Å². The molecular weight excluding hydrogens is 327 g/mol. The van der Waals surface area contributed by atoms with Crippen LogP contribution in [0, 0.1) is 6.92 Å². The lowest BCUT2D eigenvalue weighted by atomic mass is 10.2. The fourth-order valence-corrected chi connectivity index (χ4v) is 2.31. The van der Waals surface area contributed by atoms with E-state index >= 15 is 0 Å². The molecule has 0 aliphatic heterocycles. The van der Waals surface area contributed by atoms with Gasteiger partial charge in [-0.1, -0.05) is 41.4 Å². The molecule has 0 atom stereocenters. The van der Waals surface area contributed by atoms with Gasteiger partial charge in [0, 0.05) is 10.7 Å². The first-order valence-corrected chi connectivity index (χ1v) is 7.27. The molecule has 0 unspecified atom stereocenters. The molecule has 0 aliphatic carbocycles. The van der Waals surface area contributed by atoms with E-state index in [1.165, 1.54) is 0 Å². The second-order valence-corrected chi connectivity index (χ2v) is 5.52. The van der Waals surface area contributed by atoms with E-state index in [2.05, 4.69) is 10.6 Å². The summed E-state index contributed by atoms with van der Waals surface area (Å²) in [5, 5.41) is 6.71. The van der Waals surface area contributed by atoms with Crippen molar-refractivity contribution >= 4 is 52.1 Å². The molecule has 1 amide bonds. The number of thiocarbonyl (C=S) groups is 1. The summed E-state index contributed by atoms with van der Waals surface area (Å²) in [5.41, 5.74) is 1.96. The van der Waals surface area contributed by atoms with Crippen molar-refractivity contribution in [2.45, 2.75) is 6.92 Å². The number of rotatable bonds is 2. The second kappa shape index (κ2) is 6.89. The summed E-state index contributed by atoms with van der Waals surface area (Å²) in [4.78, 5) is 12.1. The maximum absolute atomic E-state index is 12.1. The number of carbonyl (C=O) groups is 1. The molecule has 0 bridgehead atoms. The van der Waals surface area contributed by atoms with Crippen LogP contribution in [0.4, 0.5) is 5.69 Å². The molecule has 0 saturated carbocycles. The van der Waals surface area contributed by atoms with Crippen molar-refractivity contribution in [2.24, 2.45) is 0 Å². The highest BCUT2D eigenvalue weighted by molar-refractivity contribution is 7.80. The summed E-state index contributed by atoms with van der Waals surface area (Å²) in [7, 11) is 0. The van der Waals surface area contributed by atoms with Crippen LogP contribution in [0.1, 0.15) is 15.9 Å². The van der Waals surface area contributed by atoms with Crippen molar-refractivity contribution in [1.82, 2.24) is 5.32 Å². The molecule has 0 fully saturated rings. The van der Waals surface area contributed by atoms with Gasteiger partial charge in [0.25, 0.3) is 5.91 Å². The molecule has 3 nitrogen and oxygen atoms in total. The highest BCUT2D eigenvalue weighted by Gasteiger charge is 2.12. The smallest absolute Gasteiger partial charge is 0.258 e. The number of hydrogen-bond acceptors (Lipinski definition) is 2. The van der Waals surface area contributed by atoms with Crippen LogP contribution in [0.25, 0.3) is 0 Å². The van der Waals surface area contributed by atoms with Crippen LogP contribution in [0.2, 0.25) is 10.0 Å². The molecule has 0 saturated heterocycles. The van der Waals surface area contributed by atoms with Gasteiger partial charge in [0.15, 0.2) is 5.11 Å². The molecule has 0 heterocycles. The van der Waals surface area contributed by atoms with E-state index in [1.54, 1.807) is 36.4 Å². The minimum atomic E-state index is -0.363. The van der Waals surface area contributed by atoms with Crippen LogP contribution in [0.15, 0.2) is 42.5 Å². The molecule has 0 aromatic heterocycles. The van der Waals surface area contributed by atoms with Gasteiger partial charge in [-0.25, -0.2) is 0 Å². The van der Waals surface area contributed by atoms with Crippen LogP contribution in [0.5, 0.6) is 0 Å².